The van der Waals surface area contributed by atoms with Crippen LogP contribution in [0.4, 0.5) is 4.39 Å². The predicted molar refractivity (Wildman–Crippen MR) is 109 cm³/mol. The molecule has 0 saturated carbocycles. The van der Waals surface area contributed by atoms with Gasteiger partial charge in [-0.25, -0.2) is 14.1 Å². The number of halogens is 1. The summed E-state index contributed by atoms with van der Waals surface area (Å²) in [6, 6.07) is 9.20. The molecule has 7 nitrogen and oxygen atoms in total. The fourth-order valence-electron chi connectivity index (χ4n) is 2.99. The van der Waals surface area contributed by atoms with Crippen molar-refractivity contribution in [3.63, 3.8) is 0 Å². The minimum absolute atomic E-state index is 0.161. The number of benzene rings is 1. The Balaban J connectivity index is 1.42. The van der Waals surface area contributed by atoms with Gasteiger partial charge in [-0.3, -0.25) is 14.0 Å². The first kappa shape index (κ1) is 19.0. The average molecular weight is 411 g/mol. The summed E-state index contributed by atoms with van der Waals surface area (Å²) < 4.78 is 16.3. The van der Waals surface area contributed by atoms with Crippen LogP contribution in [0.5, 0.6) is 0 Å². The van der Waals surface area contributed by atoms with Crippen LogP contribution in [0.3, 0.4) is 0 Å². The number of amides is 1. The molecule has 0 radical (unpaired) electrons. The number of hydrogen-bond donors (Lipinski definition) is 1. The zero-order valence-electron chi connectivity index (χ0n) is 15.6. The number of rotatable bonds is 6. The van der Waals surface area contributed by atoms with Crippen LogP contribution < -0.4 is 10.9 Å². The van der Waals surface area contributed by atoms with Crippen LogP contribution in [0.25, 0.3) is 16.2 Å². The first-order chi connectivity index (χ1) is 14.0. The van der Waals surface area contributed by atoms with Crippen molar-refractivity contribution in [2.75, 3.05) is 6.54 Å². The summed E-state index contributed by atoms with van der Waals surface area (Å²) in [5.41, 5.74) is 2.18. The highest BCUT2D eigenvalue weighted by molar-refractivity contribution is 7.19. The van der Waals surface area contributed by atoms with Gasteiger partial charge in [0, 0.05) is 42.8 Å². The summed E-state index contributed by atoms with van der Waals surface area (Å²) in [4.78, 5) is 30.0. The lowest BCUT2D eigenvalue weighted by atomic mass is 10.2. The number of carbonyl (C=O) groups is 1. The standard InChI is InChI=1S/C20H18FN5O2S/c1-13-18(19(28)22-9-3-11-26-17(27)4-2-10-23-26)29-20-24-16(12-25(13)20)14-5-7-15(21)8-6-14/h2,4-8,10,12H,3,9,11H2,1H3,(H,22,28). The van der Waals surface area contributed by atoms with Crippen LogP contribution in [0.15, 0.2) is 53.6 Å². The van der Waals surface area contributed by atoms with Crippen LogP contribution in [0.1, 0.15) is 21.8 Å². The molecule has 4 rings (SSSR count). The van der Waals surface area contributed by atoms with Gasteiger partial charge in [-0.15, -0.1) is 0 Å². The van der Waals surface area contributed by atoms with E-state index in [4.69, 9.17) is 0 Å². The second-order valence-electron chi connectivity index (χ2n) is 6.50. The molecule has 9 heteroatoms. The van der Waals surface area contributed by atoms with Gasteiger partial charge in [0.05, 0.1) is 5.69 Å². The summed E-state index contributed by atoms with van der Waals surface area (Å²) >= 11 is 1.31. The summed E-state index contributed by atoms with van der Waals surface area (Å²) in [5.74, 6) is -0.465. The number of nitrogens with zero attached hydrogens (tertiary/aromatic N) is 4. The van der Waals surface area contributed by atoms with Crippen LogP contribution >= 0.6 is 11.3 Å². The van der Waals surface area contributed by atoms with E-state index in [-0.39, 0.29) is 17.3 Å². The minimum Gasteiger partial charge on any atom is -0.351 e. The summed E-state index contributed by atoms with van der Waals surface area (Å²) in [6.07, 6.45) is 4.00. The zero-order chi connectivity index (χ0) is 20.4. The van der Waals surface area contributed by atoms with Crippen LogP contribution in [-0.4, -0.2) is 31.6 Å². The molecule has 0 aliphatic heterocycles. The van der Waals surface area contributed by atoms with E-state index < -0.39 is 0 Å². The van der Waals surface area contributed by atoms with E-state index in [1.54, 1.807) is 24.4 Å². The molecular weight excluding hydrogens is 393 g/mol. The largest absolute Gasteiger partial charge is 0.351 e. The molecule has 29 heavy (non-hydrogen) atoms. The highest BCUT2D eigenvalue weighted by Crippen LogP contribution is 2.27. The smallest absolute Gasteiger partial charge is 0.266 e. The monoisotopic (exact) mass is 411 g/mol. The Hall–Kier alpha value is -3.33. The van der Waals surface area contributed by atoms with E-state index in [0.29, 0.717) is 29.3 Å². The van der Waals surface area contributed by atoms with E-state index in [0.717, 1.165) is 17.0 Å². The van der Waals surface area contributed by atoms with E-state index >= 15 is 0 Å². The SMILES string of the molecule is Cc1c(C(=O)NCCCn2ncccc2=O)sc2nc(-c3ccc(F)cc3)cn12. The van der Waals surface area contributed by atoms with Crippen molar-refractivity contribution in [3.8, 4) is 11.3 Å². The molecule has 0 bridgehead atoms. The van der Waals surface area contributed by atoms with Gasteiger partial charge < -0.3 is 5.32 Å². The molecule has 0 spiro atoms. The maximum absolute atomic E-state index is 13.1. The Morgan fingerprint density at radius 1 is 1.24 bits per heavy atom. The van der Waals surface area contributed by atoms with Crippen LogP contribution in [0, 0.1) is 12.7 Å². The third-order valence-electron chi connectivity index (χ3n) is 4.52. The van der Waals surface area contributed by atoms with E-state index in [2.05, 4.69) is 15.4 Å². The fraction of sp³-hybridized carbons (Fsp3) is 0.200. The lowest BCUT2D eigenvalue weighted by Crippen LogP contribution is -2.27. The van der Waals surface area contributed by atoms with Crippen molar-refractivity contribution in [3.05, 3.63) is 75.5 Å². The van der Waals surface area contributed by atoms with Gasteiger partial charge in [-0.2, -0.15) is 5.10 Å². The normalized spacial score (nSPS) is 11.1. The van der Waals surface area contributed by atoms with Gasteiger partial charge in [0.25, 0.3) is 11.5 Å². The van der Waals surface area contributed by atoms with Gasteiger partial charge in [-0.05, 0) is 43.7 Å². The Morgan fingerprint density at radius 2 is 2.03 bits per heavy atom. The van der Waals surface area contributed by atoms with Crippen molar-refractivity contribution < 1.29 is 9.18 Å². The molecular formula is C20H18FN5O2S. The van der Waals surface area contributed by atoms with Crippen LogP contribution in [-0.2, 0) is 6.54 Å². The molecule has 0 aliphatic carbocycles. The molecule has 0 unspecified atom stereocenters. The quantitative estimate of drug-likeness (QED) is 0.495. The summed E-state index contributed by atoms with van der Waals surface area (Å²) in [5, 5.41) is 6.87. The van der Waals surface area contributed by atoms with Crippen molar-refractivity contribution in [1.82, 2.24) is 24.5 Å². The van der Waals surface area contributed by atoms with Crippen LogP contribution in [0.2, 0.25) is 0 Å². The highest BCUT2D eigenvalue weighted by Gasteiger charge is 2.17. The van der Waals surface area contributed by atoms with Gasteiger partial charge >= 0.3 is 0 Å². The summed E-state index contributed by atoms with van der Waals surface area (Å²) in [6.45, 7) is 2.73. The third kappa shape index (κ3) is 3.95. The predicted octanol–water partition coefficient (Wildman–Crippen LogP) is 2.89. The molecule has 3 aromatic heterocycles. The lowest BCUT2D eigenvalue weighted by molar-refractivity contribution is 0.0955. The molecule has 148 valence electrons. The second kappa shape index (κ2) is 7.96. The van der Waals surface area contributed by atoms with Gasteiger partial charge in [0.2, 0.25) is 0 Å². The number of nitrogens with one attached hydrogen (secondary N) is 1. The number of fused-ring (bicyclic) bond motifs is 1. The molecule has 1 N–H and O–H groups in total. The highest BCUT2D eigenvalue weighted by atomic mass is 32.1. The third-order valence-corrected chi connectivity index (χ3v) is 5.68. The zero-order valence-corrected chi connectivity index (χ0v) is 16.4. The number of aromatic nitrogens is 4. The Kier molecular flexibility index (Phi) is 5.22. The maximum atomic E-state index is 13.1. The van der Waals surface area contributed by atoms with Crippen molar-refractivity contribution >= 4 is 22.2 Å². The average Bonchev–Trinajstić information content (AvgIpc) is 3.26. The van der Waals surface area contributed by atoms with E-state index in [1.165, 1.54) is 34.2 Å². The molecule has 0 atom stereocenters. The number of thiazole rings is 1. The maximum Gasteiger partial charge on any atom is 0.266 e. The topological polar surface area (TPSA) is 81.3 Å². The molecule has 0 fully saturated rings. The molecule has 4 aromatic rings. The van der Waals surface area contributed by atoms with E-state index in [9.17, 15) is 14.0 Å². The molecule has 1 aromatic carbocycles. The van der Waals surface area contributed by atoms with Gasteiger partial charge in [0.15, 0.2) is 4.96 Å². The molecule has 3 heterocycles. The van der Waals surface area contributed by atoms with Gasteiger partial charge in [0.1, 0.15) is 10.7 Å². The minimum atomic E-state index is -0.294. The first-order valence-corrected chi connectivity index (χ1v) is 9.89. The van der Waals surface area contributed by atoms with Crippen molar-refractivity contribution in [2.45, 2.75) is 19.9 Å². The fourth-order valence-corrected chi connectivity index (χ4v) is 4.01. The Morgan fingerprint density at radius 3 is 2.76 bits per heavy atom. The Bertz CT molecular complexity index is 1230. The molecule has 1 amide bonds. The number of hydrogen-bond acceptors (Lipinski definition) is 5. The second-order valence-corrected chi connectivity index (χ2v) is 7.47. The number of imidazole rings is 1. The first-order valence-electron chi connectivity index (χ1n) is 9.08. The van der Waals surface area contributed by atoms with E-state index in [1.807, 2.05) is 17.5 Å². The molecule has 0 aliphatic rings. The van der Waals surface area contributed by atoms with Crippen molar-refractivity contribution in [1.29, 1.82) is 0 Å². The van der Waals surface area contributed by atoms with Gasteiger partial charge in [-0.1, -0.05) is 11.3 Å². The summed E-state index contributed by atoms with van der Waals surface area (Å²) in [7, 11) is 0. The number of carbonyl (C=O) groups excluding carboxylic acids is 1. The lowest BCUT2D eigenvalue weighted by Gasteiger charge is -2.05. The number of aryl methyl sites for hydroxylation is 2. The molecule has 0 saturated heterocycles. The van der Waals surface area contributed by atoms with Crippen molar-refractivity contribution in [2.24, 2.45) is 0 Å². The Labute approximate surface area is 169 Å².